The Morgan fingerprint density at radius 2 is 2.00 bits per heavy atom. The summed E-state index contributed by atoms with van der Waals surface area (Å²) in [6, 6.07) is 2.07. The molecule has 0 aliphatic carbocycles. The zero-order valence-corrected chi connectivity index (χ0v) is 15.8. The number of rotatable bonds is 7. The molecule has 0 radical (unpaired) electrons. The molecule has 10 heteroatoms. The van der Waals surface area contributed by atoms with Crippen molar-refractivity contribution in [2.45, 2.75) is 28.3 Å². The van der Waals surface area contributed by atoms with Gasteiger partial charge < -0.3 is 10.5 Å². The molecular formula is C13H14N4O2S4. The summed E-state index contributed by atoms with van der Waals surface area (Å²) in [4.78, 5) is 12.4. The van der Waals surface area contributed by atoms with E-state index in [2.05, 4.69) is 23.2 Å². The monoisotopic (exact) mass is 386 g/mol. The summed E-state index contributed by atoms with van der Waals surface area (Å²) < 4.78 is 6.74. The molecule has 0 unspecified atom stereocenters. The lowest BCUT2D eigenvalue weighted by atomic mass is 10.2. The molecule has 0 saturated heterocycles. The number of nitrogen functional groups attached to an aromatic ring is 1. The van der Waals surface area contributed by atoms with Gasteiger partial charge in [-0.3, -0.25) is 0 Å². The summed E-state index contributed by atoms with van der Waals surface area (Å²) in [5.74, 6) is 0.919. The van der Waals surface area contributed by atoms with E-state index in [4.69, 9.17) is 10.5 Å². The predicted molar refractivity (Wildman–Crippen MR) is 95.3 cm³/mol. The Labute approximate surface area is 150 Å². The molecule has 23 heavy (non-hydrogen) atoms. The average molecular weight is 387 g/mol. The molecule has 0 atom stereocenters. The highest BCUT2D eigenvalue weighted by Crippen LogP contribution is 2.37. The Kier molecular flexibility index (Phi) is 6.71. The van der Waals surface area contributed by atoms with Crippen molar-refractivity contribution in [2.24, 2.45) is 0 Å². The van der Waals surface area contributed by atoms with E-state index in [1.165, 1.54) is 23.1 Å². The number of carbonyl (C=O) groups excluding carboxylic acids is 1. The third-order valence-corrected chi connectivity index (χ3v) is 6.74. The van der Waals surface area contributed by atoms with Crippen LogP contribution in [-0.2, 0) is 10.5 Å². The fraction of sp³-hybridized carbons (Fsp3) is 0.385. The van der Waals surface area contributed by atoms with Crippen LogP contribution in [0.15, 0.2) is 8.68 Å². The van der Waals surface area contributed by atoms with Crippen LogP contribution in [0.25, 0.3) is 0 Å². The first-order valence-corrected chi connectivity index (χ1v) is 10.3. The van der Waals surface area contributed by atoms with Gasteiger partial charge in [0.05, 0.1) is 12.2 Å². The quantitative estimate of drug-likeness (QED) is 0.568. The largest absolute Gasteiger partial charge is 0.462 e. The highest BCUT2D eigenvalue weighted by molar-refractivity contribution is 8.02. The van der Waals surface area contributed by atoms with Gasteiger partial charge in [-0.05, 0) is 12.7 Å². The number of nitriles is 1. The minimum absolute atomic E-state index is 0.277. The standard InChI is InChI=1S/C13H14N4O2S4/c1-3-19-11(18)9-8(7(5-14)10(15)22-9)6-21-13-17-16-12(23-13)20-4-2/h3-4,6,15H2,1-2H3. The van der Waals surface area contributed by atoms with E-state index in [0.29, 0.717) is 26.8 Å². The van der Waals surface area contributed by atoms with E-state index in [1.54, 1.807) is 18.7 Å². The number of thiophene rings is 1. The SMILES string of the molecule is CCOC(=O)c1sc(N)c(C#N)c1CSc1nnc(SCC)s1. The fourth-order valence-corrected chi connectivity index (χ4v) is 5.65. The highest BCUT2D eigenvalue weighted by atomic mass is 32.2. The Balaban J connectivity index is 2.20. The van der Waals surface area contributed by atoms with Crippen molar-refractivity contribution < 1.29 is 9.53 Å². The molecule has 122 valence electrons. The van der Waals surface area contributed by atoms with Gasteiger partial charge in [0, 0.05) is 11.3 Å². The third kappa shape index (κ3) is 4.38. The molecule has 2 N–H and O–H groups in total. The second kappa shape index (κ2) is 8.54. The normalized spacial score (nSPS) is 10.5. The van der Waals surface area contributed by atoms with Crippen molar-refractivity contribution in [3.05, 3.63) is 16.0 Å². The zero-order valence-electron chi connectivity index (χ0n) is 12.5. The van der Waals surface area contributed by atoms with E-state index in [9.17, 15) is 10.1 Å². The molecule has 2 heterocycles. The molecule has 0 bridgehead atoms. The highest BCUT2D eigenvalue weighted by Gasteiger charge is 2.23. The number of carbonyl (C=O) groups is 1. The van der Waals surface area contributed by atoms with Crippen LogP contribution in [0.4, 0.5) is 5.00 Å². The van der Waals surface area contributed by atoms with Gasteiger partial charge in [0.15, 0.2) is 8.68 Å². The van der Waals surface area contributed by atoms with Gasteiger partial charge in [0.2, 0.25) is 0 Å². The van der Waals surface area contributed by atoms with Crippen LogP contribution in [0.2, 0.25) is 0 Å². The first kappa shape index (κ1) is 18.1. The summed E-state index contributed by atoms with van der Waals surface area (Å²) in [5.41, 5.74) is 6.80. The summed E-state index contributed by atoms with van der Waals surface area (Å²) in [7, 11) is 0. The Bertz CT molecular complexity index is 735. The van der Waals surface area contributed by atoms with Gasteiger partial charge in [-0.25, -0.2) is 4.79 Å². The topological polar surface area (TPSA) is 102 Å². The van der Waals surface area contributed by atoms with Gasteiger partial charge >= 0.3 is 5.97 Å². The van der Waals surface area contributed by atoms with Crippen molar-refractivity contribution in [1.82, 2.24) is 10.2 Å². The van der Waals surface area contributed by atoms with Gasteiger partial charge in [-0.2, -0.15) is 5.26 Å². The lowest BCUT2D eigenvalue weighted by Crippen LogP contribution is -2.05. The number of anilines is 1. The van der Waals surface area contributed by atoms with E-state index in [0.717, 1.165) is 25.8 Å². The number of esters is 1. The minimum Gasteiger partial charge on any atom is -0.462 e. The molecule has 0 aliphatic heterocycles. The molecule has 0 amide bonds. The number of thioether (sulfide) groups is 2. The van der Waals surface area contributed by atoms with Gasteiger partial charge in [0.25, 0.3) is 0 Å². The molecule has 0 fully saturated rings. The maximum absolute atomic E-state index is 12.0. The molecule has 0 saturated carbocycles. The molecule has 2 aromatic rings. The number of ether oxygens (including phenoxy) is 1. The first-order valence-electron chi connectivity index (χ1n) is 6.68. The second-order valence-electron chi connectivity index (χ2n) is 4.04. The molecule has 6 nitrogen and oxygen atoms in total. The van der Waals surface area contributed by atoms with Crippen LogP contribution in [0.1, 0.15) is 34.6 Å². The minimum atomic E-state index is -0.444. The lowest BCUT2D eigenvalue weighted by Gasteiger charge is -2.03. The summed E-state index contributed by atoms with van der Waals surface area (Å²) in [6.45, 7) is 4.07. The maximum Gasteiger partial charge on any atom is 0.348 e. The van der Waals surface area contributed by atoms with E-state index >= 15 is 0 Å². The Hall–Kier alpha value is -1.28. The molecular weight excluding hydrogens is 372 g/mol. The van der Waals surface area contributed by atoms with Crippen LogP contribution in [-0.4, -0.2) is 28.5 Å². The third-order valence-electron chi connectivity index (χ3n) is 2.60. The van der Waals surface area contributed by atoms with Crippen LogP contribution < -0.4 is 5.73 Å². The molecule has 0 aliphatic rings. The number of aromatic nitrogens is 2. The van der Waals surface area contributed by atoms with Gasteiger partial charge in [0.1, 0.15) is 15.9 Å². The van der Waals surface area contributed by atoms with Crippen molar-refractivity contribution >= 4 is 57.2 Å². The van der Waals surface area contributed by atoms with Crippen molar-refractivity contribution in [1.29, 1.82) is 5.26 Å². The lowest BCUT2D eigenvalue weighted by molar-refractivity contribution is 0.0531. The predicted octanol–water partition coefficient (Wildman–Crippen LogP) is 3.63. The van der Waals surface area contributed by atoms with Gasteiger partial charge in [-0.1, -0.05) is 41.8 Å². The first-order chi connectivity index (χ1) is 11.1. The fourth-order valence-electron chi connectivity index (χ4n) is 1.68. The molecule has 0 aromatic carbocycles. The van der Waals surface area contributed by atoms with Crippen LogP contribution in [0.3, 0.4) is 0 Å². The average Bonchev–Trinajstić information content (AvgIpc) is 3.09. The summed E-state index contributed by atoms with van der Waals surface area (Å²) in [5, 5.41) is 17.8. The maximum atomic E-state index is 12.0. The number of hydrogen-bond acceptors (Lipinski definition) is 10. The van der Waals surface area contributed by atoms with E-state index in [1.807, 2.05) is 0 Å². The Morgan fingerprint density at radius 3 is 2.61 bits per heavy atom. The van der Waals surface area contributed by atoms with Crippen molar-refractivity contribution in [3.63, 3.8) is 0 Å². The molecule has 2 rings (SSSR count). The van der Waals surface area contributed by atoms with Gasteiger partial charge in [-0.15, -0.1) is 21.5 Å². The van der Waals surface area contributed by atoms with E-state index < -0.39 is 5.97 Å². The number of nitrogens with two attached hydrogens (primary N) is 1. The van der Waals surface area contributed by atoms with E-state index in [-0.39, 0.29) is 6.61 Å². The molecule has 0 spiro atoms. The van der Waals surface area contributed by atoms with Crippen LogP contribution in [0, 0.1) is 11.3 Å². The zero-order chi connectivity index (χ0) is 16.8. The summed E-state index contributed by atoms with van der Waals surface area (Å²) >= 11 is 5.66. The van der Waals surface area contributed by atoms with Crippen LogP contribution in [0.5, 0.6) is 0 Å². The van der Waals surface area contributed by atoms with Crippen molar-refractivity contribution in [3.8, 4) is 6.07 Å². The number of hydrogen-bond donors (Lipinski definition) is 1. The number of nitrogens with zero attached hydrogens (tertiary/aromatic N) is 3. The summed E-state index contributed by atoms with van der Waals surface area (Å²) in [6.07, 6.45) is 0. The van der Waals surface area contributed by atoms with Crippen LogP contribution >= 0.6 is 46.2 Å². The molecule has 2 aromatic heterocycles. The Morgan fingerprint density at radius 1 is 1.30 bits per heavy atom. The second-order valence-corrected chi connectivity index (χ2v) is 8.80. The smallest absolute Gasteiger partial charge is 0.348 e. The van der Waals surface area contributed by atoms with Crippen molar-refractivity contribution in [2.75, 3.05) is 18.1 Å².